The van der Waals surface area contributed by atoms with Crippen LogP contribution < -0.4 is 5.06 Å². The molecule has 0 aliphatic rings. The molecule has 1 rings (SSSR count). The van der Waals surface area contributed by atoms with E-state index in [0.717, 1.165) is 18.7 Å². The van der Waals surface area contributed by atoms with Gasteiger partial charge in [-0.25, -0.2) is 0 Å². The van der Waals surface area contributed by atoms with E-state index in [-0.39, 0.29) is 0 Å². The number of anilines is 1. The Morgan fingerprint density at radius 1 is 0.577 bits per heavy atom. The van der Waals surface area contributed by atoms with Gasteiger partial charge in [-0.15, -0.1) is 0 Å². The summed E-state index contributed by atoms with van der Waals surface area (Å²) < 4.78 is 0. The average molecular weight is 362 g/mol. The summed E-state index contributed by atoms with van der Waals surface area (Å²) in [5, 5.41) is 11.3. The third-order valence-corrected chi connectivity index (χ3v) is 5.28. The zero-order valence-electron chi connectivity index (χ0n) is 17.3. The Kier molecular flexibility index (Phi) is 15.4. The summed E-state index contributed by atoms with van der Waals surface area (Å²) in [5.41, 5.74) is 0.897. The number of nitrogens with zero attached hydrogens (tertiary/aromatic N) is 1. The second-order valence-corrected chi connectivity index (χ2v) is 7.76. The van der Waals surface area contributed by atoms with E-state index in [2.05, 4.69) is 6.92 Å². The molecule has 150 valence electrons. The summed E-state index contributed by atoms with van der Waals surface area (Å²) in [6, 6.07) is 9.81. The van der Waals surface area contributed by atoms with Crippen LogP contribution in [0.4, 0.5) is 5.69 Å². The number of para-hydroxylation sites is 1. The Bertz CT molecular complexity index is 392. The molecule has 0 spiro atoms. The van der Waals surface area contributed by atoms with E-state index in [9.17, 15) is 5.21 Å². The molecular weight excluding hydrogens is 318 g/mol. The minimum Gasteiger partial charge on any atom is -0.288 e. The molecule has 2 nitrogen and oxygen atoms in total. The van der Waals surface area contributed by atoms with Crippen LogP contribution in [0.25, 0.3) is 0 Å². The van der Waals surface area contributed by atoms with E-state index in [4.69, 9.17) is 0 Å². The molecule has 26 heavy (non-hydrogen) atoms. The van der Waals surface area contributed by atoms with Crippen LogP contribution >= 0.6 is 0 Å². The molecule has 1 aromatic rings. The lowest BCUT2D eigenvalue weighted by molar-refractivity contribution is 0.251. The van der Waals surface area contributed by atoms with Gasteiger partial charge in [-0.2, -0.15) is 0 Å². The number of benzene rings is 1. The highest BCUT2D eigenvalue weighted by Gasteiger charge is 2.01. The van der Waals surface area contributed by atoms with Crippen molar-refractivity contribution in [2.45, 2.75) is 110 Å². The van der Waals surface area contributed by atoms with Gasteiger partial charge in [-0.1, -0.05) is 121 Å². The van der Waals surface area contributed by atoms with Crippen molar-refractivity contribution in [3.8, 4) is 0 Å². The molecule has 0 saturated carbocycles. The molecule has 0 radical (unpaired) electrons. The van der Waals surface area contributed by atoms with Crippen LogP contribution in [0.5, 0.6) is 0 Å². The Morgan fingerprint density at radius 3 is 1.38 bits per heavy atom. The van der Waals surface area contributed by atoms with Crippen molar-refractivity contribution in [2.75, 3.05) is 11.6 Å². The van der Waals surface area contributed by atoms with E-state index >= 15 is 0 Å². The van der Waals surface area contributed by atoms with Gasteiger partial charge in [0.05, 0.1) is 5.69 Å². The molecule has 0 bridgehead atoms. The Hall–Kier alpha value is -1.02. The fourth-order valence-electron chi connectivity index (χ4n) is 3.54. The molecule has 0 saturated heterocycles. The number of unbranched alkanes of at least 4 members (excludes halogenated alkanes) is 15. The zero-order valence-corrected chi connectivity index (χ0v) is 17.3. The highest BCUT2D eigenvalue weighted by Crippen LogP contribution is 2.15. The van der Waals surface area contributed by atoms with Gasteiger partial charge in [-0.05, 0) is 18.6 Å². The SMILES string of the molecule is CCCCCCCCCCCCCCCCCCN(O)c1ccccc1. The lowest BCUT2D eigenvalue weighted by Gasteiger charge is -2.16. The van der Waals surface area contributed by atoms with Crippen LogP contribution in [0.3, 0.4) is 0 Å². The zero-order chi connectivity index (χ0) is 18.7. The predicted molar refractivity (Wildman–Crippen MR) is 115 cm³/mol. The van der Waals surface area contributed by atoms with E-state index in [1.54, 1.807) is 0 Å². The first kappa shape index (κ1) is 23.0. The fraction of sp³-hybridized carbons (Fsp3) is 0.750. The number of hydrogen-bond acceptors (Lipinski definition) is 2. The van der Waals surface area contributed by atoms with Crippen molar-refractivity contribution in [2.24, 2.45) is 0 Å². The first-order valence-corrected chi connectivity index (χ1v) is 11.4. The molecule has 0 amide bonds. The minimum absolute atomic E-state index is 0.739. The summed E-state index contributed by atoms with van der Waals surface area (Å²) in [4.78, 5) is 0. The van der Waals surface area contributed by atoms with Crippen LogP contribution in [0.15, 0.2) is 30.3 Å². The van der Waals surface area contributed by atoms with Crippen molar-refractivity contribution in [1.82, 2.24) is 0 Å². The summed E-state index contributed by atoms with van der Waals surface area (Å²) in [7, 11) is 0. The van der Waals surface area contributed by atoms with Crippen molar-refractivity contribution in [1.29, 1.82) is 0 Å². The summed E-state index contributed by atoms with van der Waals surface area (Å²) >= 11 is 0. The maximum absolute atomic E-state index is 9.97. The molecule has 0 aliphatic carbocycles. The maximum Gasteiger partial charge on any atom is 0.0634 e. The summed E-state index contributed by atoms with van der Waals surface area (Å²) in [6.07, 6.45) is 22.1. The van der Waals surface area contributed by atoms with Crippen LogP contribution in [0, 0.1) is 0 Å². The Balaban J connectivity index is 1.76. The molecule has 0 unspecified atom stereocenters. The van der Waals surface area contributed by atoms with Crippen molar-refractivity contribution in [3.05, 3.63) is 30.3 Å². The molecule has 2 heteroatoms. The lowest BCUT2D eigenvalue weighted by atomic mass is 10.0. The second-order valence-electron chi connectivity index (χ2n) is 7.76. The third-order valence-electron chi connectivity index (χ3n) is 5.28. The highest BCUT2D eigenvalue weighted by molar-refractivity contribution is 5.42. The van der Waals surface area contributed by atoms with Gasteiger partial charge in [0.25, 0.3) is 0 Å². The quantitative estimate of drug-likeness (QED) is 0.211. The van der Waals surface area contributed by atoms with E-state index < -0.39 is 0 Å². The Morgan fingerprint density at radius 2 is 0.962 bits per heavy atom. The monoisotopic (exact) mass is 361 g/mol. The van der Waals surface area contributed by atoms with Gasteiger partial charge in [0, 0.05) is 6.54 Å². The molecule has 0 fully saturated rings. The standard InChI is InChI=1S/C24H43NO/c1-2-3-4-5-6-7-8-9-10-11-12-13-14-15-16-20-23-25(26)24-21-18-17-19-22-24/h17-19,21-22,26H,2-16,20,23H2,1H3. The smallest absolute Gasteiger partial charge is 0.0634 e. The normalized spacial score (nSPS) is 11.0. The predicted octanol–water partition coefficient (Wildman–Crippen LogP) is 8.14. The second kappa shape index (κ2) is 17.4. The van der Waals surface area contributed by atoms with E-state index in [1.807, 2.05) is 30.3 Å². The topological polar surface area (TPSA) is 23.5 Å². The molecule has 1 N–H and O–H groups in total. The summed E-state index contributed by atoms with van der Waals surface area (Å²) in [5.74, 6) is 0. The van der Waals surface area contributed by atoms with Crippen molar-refractivity contribution >= 4 is 5.69 Å². The molecule has 0 aromatic heterocycles. The van der Waals surface area contributed by atoms with Crippen molar-refractivity contribution in [3.63, 3.8) is 0 Å². The van der Waals surface area contributed by atoms with Crippen LogP contribution in [0.1, 0.15) is 110 Å². The van der Waals surface area contributed by atoms with Crippen LogP contribution in [0.2, 0.25) is 0 Å². The van der Waals surface area contributed by atoms with Gasteiger partial charge in [0.2, 0.25) is 0 Å². The average Bonchev–Trinajstić information content (AvgIpc) is 2.68. The van der Waals surface area contributed by atoms with Gasteiger partial charge in [0.15, 0.2) is 0 Å². The van der Waals surface area contributed by atoms with Gasteiger partial charge >= 0.3 is 0 Å². The molecule has 0 aliphatic heterocycles. The number of hydrogen-bond donors (Lipinski definition) is 1. The highest BCUT2D eigenvalue weighted by atomic mass is 16.5. The van der Waals surface area contributed by atoms with Gasteiger partial charge in [0.1, 0.15) is 0 Å². The summed E-state index contributed by atoms with van der Waals surface area (Å²) in [6.45, 7) is 3.02. The van der Waals surface area contributed by atoms with Crippen molar-refractivity contribution < 1.29 is 5.21 Å². The molecule has 0 heterocycles. The first-order chi connectivity index (χ1) is 12.8. The first-order valence-electron chi connectivity index (χ1n) is 11.4. The van der Waals surface area contributed by atoms with Gasteiger partial charge < -0.3 is 0 Å². The molecular formula is C24H43NO. The van der Waals surface area contributed by atoms with Gasteiger partial charge in [-0.3, -0.25) is 10.3 Å². The van der Waals surface area contributed by atoms with Crippen LogP contribution in [-0.4, -0.2) is 11.8 Å². The molecule has 0 atom stereocenters. The lowest BCUT2D eigenvalue weighted by Crippen LogP contribution is -2.19. The number of rotatable bonds is 18. The van der Waals surface area contributed by atoms with E-state index in [1.165, 1.54) is 101 Å². The van der Waals surface area contributed by atoms with Crippen LogP contribution in [-0.2, 0) is 0 Å². The maximum atomic E-state index is 9.97. The molecule has 1 aromatic carbocycles. The largest absolute Gasteiger partial charge is 0.288 e. The van der Waals surface area contributed by atoms with E-state index in [0.29, 0.717) is 0 Å². The Labute approximate surface area is 163 Å². The number of hydroxylamine groups is 1. The fourth-order valence-corrected chi connectivity index (χ4v) is 3.54. The minimum atomic E-state index is 0.739. The third kappa shape index (κ3) is 13.2.